The van der Waals surface area contributed by atoms with E-state index in [1.807, 2.05) is 0 Å². The molecule has 0 saturated carbocycles. The fraction of sp³-hybridized carbons (Fsp3) is 0.276. The first-order chi connectivity index (χ1) is 22.4. The van der Waals surface area contributed by atoms with Gasteiger partial charge in [-0.05, 0) is 29.8 Å². The Bertz CT molecular complexity index is 1820. The highest BCUT2D eigenvalue weighted by Gasteiger charge is 2.45. The summed E-state index contributed by atoms with van der Waals surface area (Å²) in [5, 5.41) is 0. The third kappa shape index (κ3) is 9.85. The fourth-order valence-electron chi connectivity index (χ4n) is 4.47. The number of ether oxygens (including phenoxy) is 3. The van der Waals surface area contributed by atoms with Crippen LogP contribution in [-0.2, 0) is 46.5 Å². The van der Waals surface area contributed by atoms with Gasteiger partial charge in [-0.1, -0.05) is 71.5 Å². The van der Waals surface area contributed by atoms with E-state index in [2.05, 4.69) is 4.74 Å². The van der Waals surface area contributed by atoms with Crippen LogP contribution in [0.5, 0.6) is 11.5 Å². The number of hydrogen-bond donors (Lipinski definition) is 1. The maximum absolute atomic E-state index is 13.5. The van der Waals surface area contributed by atoms with E-state index in [0.717, 1.165) is 18.2 Å². The van der Waals surface area contributed by atoms with E-state index < -0.39 is 63.1 Å². The summed E-state index contributed by atoms with van der Waals surface area (Å²) in [6, 6.07) is 8.39. The van der Waals surface area contributed by atoms with Crippen molar-refractivity contribution in [3.63, 3.8) is 0 Å². The van der Waals surface area contributed by atoms with Gasteiger partial charge in [0.15, 0.2) is 0 Å². The number of carbonyl (C=O) groups excluding carboxylic acids is 3. The molecule has 0 aliphatic rings. The lowest BCUT2D eigenvalue weighted by atomic mass is 9.78. The van der Waals surface area contributed by atoms with Crippen molar-refractivity contribution in [2.45, 2.75) is 43.9 Å². The van der Waals surface area contributed by atoms with Crippen LogP contribution in [0.1, 0.15) is 58.9 Å². The van der Waals surface area contributed by atoms with E-state index >= 15 is 0 Å². The van der Waals surface area contributed by atoms with Crippen LogP contribution in [0.4, 0.5) is 13.2 Å². The van der Waals surface area contributed by atoms with Crippen LogP contribution in [0.25, 0.3) is 0 Å². The smallest absolute Gasteiger partial charge is 0.426 e. The second-order valence-corrected chi connectivity index (χ2v) is 11.7. The van der Waals surface area contributed by atoms with Gasteiger partial charge in [-0.3, -0.25) is 4.55 Å². The van der Waals surface area contributed by atoms with Crippen LogP contribution < -0.4 is 14.9 Å². The van der Waals surface area contributed by atoms with Gasteiger partial charge in [-0.2, -0.15) is 21.6 Å². The van der Waals surface area contributed by atoms with Gasteiger partial charge in [0.05, 0.1) is 55.9 Å². The zero-order valence-corrected chi connectivity index (χ0v) is 25.9. The molecule has 12 radical (unpaired) electrons. The van der Waals surface area contributed by atoms with Gasteiger partial charge in [0, 0.05) is 6.07 Å². The highest BCUT2D eigenvalue weighted by atomic mass is 32.2. The van der Waals surface area contributed by atoms with Gasteiger partial charge in [-0.25, -0.2) is 14.4 Å². The molecule has 0 aliphatic carbocycles. The van der Waals surface area contributed by atoms with Gasteiger partial charge in [0.1, 0.15) is 25.1 Å². The Labute approximate surface area is 282 Å². The van der Waals surface area contributed by atoms with E-state index in [-0.39, 0.29) is 48.2 Å². The molecule has 3 aromatic rings. The lowest BCUT2D eigenvalue weighted by Gasteiger charge is -2.20. The molecule has 0 amide bonds. The van der Waals surface area contributed by atoms with Crippen molar-refractivity contribution in [3.05, 3.63) is 87.0 Å². The number of esters is 3. The third-order valence-electron chi connectivity index (χ3n) is 6.80. The Hall–Kier alpha value is -3.84. The molecule has 3 rings (SSSR count). The molecule has 0 saturated heterocycles. The Morgan fingerprint density at radius 2 is 1.21 bits per heavy atom. The van der Waals surface area contributed by atoms with Crippen LogP contribution in [0, 0.1) is 0 Å². The van der Waals surface area contributed by atoms with Crippen molar-refractivity contribution >= 4 is 80.6 Å². The minimum absolute atomic E-state index is 0.00382. The SMILES string of the molecule is [B]Cc1cc(C[B])c([B])c(C(=O)Oc2cc(OC(=O)c3cc(C[B])cc(C[B])c3C[B])cc(C(=O)OC(CS(=O)(=O)O)C(F)(F)F)c2)c1. The summed E-state index contributed by atoms with van der Waals surface area (Å²) in [6.07, 6.45) is -8.99. The monoisotopic (exact) mass is 668 g/mol. The van der Waals surface area contributed by atoms with Gasteiger partial charge < -0.3 is 14.2 Å². The normalized spacial score (nSPS) is 12.2. The van der Waals surface area contributed by atoms with Crippen LogP contribution in [0.2, 0.25) is 0 Å². The third-order valence-corrected chi connectivity index (χ3v) is 7.52. The van der Waals surface area contributed by atoms with E-state index in [4.69, 9.17) is 61.1 Å². The fourth-order valence-corrected chi connectivity index (χ4v) is 5.11. The average Bonchev–Trinajstić information content (AvgIpc) is 3.02. The molecule has 48 heavy (non-hydrogen) atoms. The molecule has 0 bridgehead atoms. The molecule has 0 spiro atoms. The number of carbonyl (C=O) groups is 3. The molecule has 0 heterocycles. The Balaban J connectivity index is 2.11. The molecule has 0 aliphatic heterocycles. The zero-order valence-electron chi connectivity index (χ0n) is 25.1. The molecule has 236 valence electrons. The van der Waals surface area contributed by atoms with E-state index in [1.165, 1.54) is 12.1 Å². The highest BCUT2D eigenvalue weighted by molar-refractivity contribution is 7.85. The average molecular weight is 667 g/mol. The quantitative estimate of drug-likeness (QED) is 0.124. The number of rotatable bonds is 13. The second kappa shape index (κ2) is 16.0. The molecular formula is C29H21B6F3O9S. The summed E-state index contributed by atoms with van der Waals surface area (Å²) >= 11 is 0. The molecule has 1 unspecified atom stereocenters. The molecular weight excluding hydrogens is 646 g/mol. The molecule has 19 heteroatoms. The first-order valence-corrected chi connectivity index (χ1v) is 15.4. The van der Waals surface area contributed by atoms with Crippen molar-refractivity contribution < 1.29 is 54.7 Å². The summed E-state index contributed by atoms with van der Waals surface area (Å²) in [6.45, 7) is 0. The van der Waals surface area contributed by atoms with E-state index in [9.17, 15) is 36.0 Å². The largest absolute Gasteiger partial charge is 0.448 e. The summed E-state index contributed by atoms with van der Waals surface area (Å²) in [5.74, 6) is -7.05. The zero-order chi connectivity index (χ0) is 36.0. The van der Waals surface area contributed by atoms with Crippen molar-refractivity contribution in [3.8, 4) is 11.5 Å². The molecule has 1 N–H and O–H groups in total. The summed E-state index contributed by atoms with van der Waals surface area (Å²) in [7, 11) is 29.5. The van der Waals surface area contributed by atoms with Crippen LogP contribution in [0.15, 0.2) is 42.5 Å². The van der Waals surface area contributed by atoms with Gasteiger partial charge >= 0.3 is 24.1 Å². The Morgan fingerprint density at radius 1 is 0.708 bits per heavy atom. The topological polar surface area (TPSA) is 133 Å². The minimum atomic E-state index is -5.43. The standard InChI is InChI=1S/C29H21B6F3O9S/c30-8-14-1-17(10-32)23(12-34)21(3-14)27(40)45-19-5-16(26(39)47-24(29(36,37)38)13-48(42,43)44)6-20(7-19)46-28(41)22-4-15(9-31)2-18(11-33)25(22)35/h1-7,24H,8-13H2,(H,42,43,44). The van der Waals surface area contributed by atoms with Crippen molar-refractivity contribution in [1.29, 1.82) is 0 Å². The number of hydrogen-bond acceptors (Lipinski definition) is 8. The summed E-state index contributed by atoms with van der Waals surface area (Å²) in [4.78, 5) is 39.5. The number of alkyl halides is 3. The van der Waals surface area contributed by atoms with Gasteiger partial charge in [0.25, 0.3) is 10.1 Å². The maximum Gasteiger partial charge on any atom is 0.426 e. The highest BCUT2D eigenvalue weighted by Crippen LogP contribution is 2.30. The van der Waals surface area contributed by atoms with Crippen molar-refractivity contribution in [1.82, 2.24) is 0 Å². The van der Waals surface area contributed by atoms with Gasteiger partial charge in [0.2, 0.25) is 6.10 Å². The molecule has 3 aromatic carbocycles. The Kier molecular flexibility index (Phi) is 12.9. The lowest BCUT2D eigenvalue weighted by Crippen LogP contribution is -2.39. The number of halogens is 3. The minimum Gasteiger partial charge on any atom is -0.448 e. The molecule has 0 fully saturated rings. The van der Waals surface area contributed by atoms with Crippen LogP contribution in [-0.4, -0.2) is 96.0 Å². The van der Waals surface area contributed by atoms with Crippen molar-refractivity contribution in [2.75, 3.05) is 5.75 Å². The predicted molar refractivity (Wildman–Crippen MR) is 174 cm³/mol. The van der Waals surface area contributed by atoms with E-state index in [1.54, 1.807) is 12.1 Å². The lowest BCUT2D eigenvalue weighted by molar-refractivity contribution is -0.197. The van der Waals surface area contributed by atoms with Crippen LogP contribution >= 0.6 is 0 Å². The van der Waals surface area contributed by atoms with E-state index in [0.29, 0.717) is 27.8 Å². The van der Waals surface area contributed by atoms with Crippen molar-refractivity contribution in [2.24, 2.45) is 0 Å². The maximum atomic E-state index is 13.5. The first kappa shape index (κ1) is 38.6. The van der Waals surface area contributed by atoms with Crippen LogP contribution in [0.3, 0.4) is 0 Å². The summed E-state index contributed by atoms with van der Waals surface area (Å²) in [5.41, 5.74) is 0.943. The molecule has 9 nitrogen and oxygen atoms in total. The first-order valence-electron chi connectivity index (χ1n) is 13.8. The molecule has 1 atom stereocenters. The second-order valence-electron chi connectivity index (χ2n) is 10.2. The predicted octanol–water partition coefficient (Wildman–Crippen LogP) is 1.24. The Morgan fingerprint density at radius 3 is 1.67 bits per heavy atom. The number of benzene rings is 3. The molecule has 0 aromatic heterocycles. The summed E-state index contributed by atoms with van der Waals surface area (Å²) < 4.78 is 87.0. The van der Waals surface area contributed by atoms with Gasteiger partial charge in [-0.15, -0.1) is 0 Å².